The smallest absolute Gasteiger partial charge is 0.259 e. The second-order valence-corrected chi connectivity index (χ2v) is 18.2. The van der Waals surface area contributed by atoms with Crippen molar-refractivity contribution in [1.82, 2.24) is 24.9 Å². The third-order valence-electron chi connectivity index (χ3n) is 11.1. The van der Waals surface area contributed by atoms with E-state index in [9.17, 15) is 22.8 Å². The van der Waals surface area contributed by atoms with E-state index in [-0.39, 0.29) is 43.0 Å². The van der Waals surface area contributed by atoms with Gasteiger partial charge in [-0.1, -0.05) is 45.8 Å². The van der Waals surface area contributed by atoms with Crippen LogP contribution in [-0.2, 0) is 24.4 Å². The SMILES string of the molecule is COc1ccc2c(O[C@@H]3CC4C(=O)N[C@]5(C(=O)NS(=O)(=O)C6CC6)CC5/C=C\CCCCC[C@H](C)C(=O)N4C3)cc(-c3nc(C(C)C)cs3)nc2c1C. The molecule has 2 unspecified atom stereocenters. The lowest BCUT2D eigenvalue weighted by atomic mass is 10.0. The zero-order valence-corrected chi connectivity index (χ0v) is 32.6. The summed E-state index contributed by atoms with van der Waals surface area (Å²) in [5.41, 5.74) is 1.76. The average molecular weight is 764 g/mol. The van der Waals surface area contributed by atoms with Crippen molar-refractivity contribution in [3.63, 3.8) is 0 Å². The number of allylic oxidation sites excluding steroid dienone is 1. The van der Waals surface area contributed by atoms with E-state index in [1.54, 1.807) is 12.0 Å². The number of fused-ring (bicyclic) bond motifs is 3. The number of thiazole rings is 1. The Labute approximate surface area is 315 Å². The molecule has 0 bridgehead atoms. The van der Waals surface area contributed by atoms with Gasteiger partial charge in [-0.15, -0.1) is 11.3 Å². The molecular weight excluding hydrogens is 715 g/mol. The number of hydrogen-bond donors (Lipinski definition) is 2. The van der Waals surface area contributed by atoms with Crippen molar-refractivity contribution >= 4 is 50.0 Å². The van der Waals surface area contributed by atoms with Gasteiger partial charge in [0.2, 0.25) is 21.8 Å². The standard InChI is InChI=1S/C39H49N5O7S2/c1-22(2)30-21-52-36(41-30)29-18-33(28-15-16-32(50-5)24(4)34(28)40-29)51-26-17-31-35(45)42-39(38(47)43-53(48,49)27-13-14-27)19-25(39)12-10-8-6-7-9-11-23(3)37(46)44(31)20-26/h10,12,15-16,18,21-23,25-27,31H,6-9,11,13-14,17,19-20H2,1-5H3,(H,42,45)(H,43,47)/b12-10-/t23-,25?,26+,31?,39+/m0/s1. The number of amides is 3. The van der Waals surface area contributed by atoms with Crippen LogP contribution >= 0.6 is 11.3 Å². The molecule has 0 radical (unpaired) electrons. The lowest BCUT2D eigenvalue weighted by molar-refractivity contribution is -0.142. The Morgan fingerprint density at radius 1 is 1.11 bits per heavy atom. The normalized spacial score (nSPS) is 27.3. The lowest BCUT2D eigenvalue weighted by Crippen LogP contribution is -2.57. The Morgan fingerprint density at radius 3 is 2.62 bits per heavy atom. The number of carbonyl (C=O) groups excluding carboxylic acids is 3. The van der Waals surface area contributed by atoms with Crippen LogP contribution in [0.15, 0.2) is 35.7 Å². The van der Waals surface area contributed by atoms with E-state index in [2.05, 4.69) is 23.9 Å². The minimum absolute atomic E-state index is 0.142. The van der Waals surface area contributed by atoms with E-state index < -0.39 is 44.8 Å². The molecule has 53 heavy (non-hydrogen) atoms. The molecule has 12 nitrogen and oxygen atoms in total. The summed E-state index contributed by atoms with van der Waals surface area (Å²) >= 11 is 1.51. The maximum absolute atomic E-state index is 14.3. The molecular formula is C39H49N5O7S2. The molecule has 2 N–H and O–H groups in total. The van der Waals surface area contributed by atoms with Crippen molar-refractivity contribution in [3.05, 3.63) is 47.0 Å². The largest absolute Gasteiger partial charge is 0.496 e. The molecule has 4 heterocycles. The average Bonchev–Trinajstić information content (AvgIpc) is 4.00. The maximum Gasteiger partial charge on any atom is 0.259 e. The number of aromatic nitrogens is 2. The number of carbonyl (C=O) groups is 3. The second-order valence-electron chi connectivity index (χ2n) is 15.4. The number of aryl methyl sites for hydroxylation is 1. The Hall–Kier alpha value is -4.04. The van der Waals surface area contributed by atoms with E-state index in [1.807, 2.05) is 49.6 Å². The third-order valence-corrected chi connectivity index (χ3v) is 13.8. The van der Waals surface area contributed by atoms with Crippen LogP contribution in [0.2, 0.25) is 0 Å². The monoisotopic (exact) mass is 763 g/mol. The van der Waals surface area contributed by atoms with Crippen LogP contribution in [-0.4, -0.2) is 77.6 Å². The van der Waals surface area contributed by atoms with E-state index in [0.717, 1.165) is 47.3 Å². The summed E-state index contributed by atoms with van der Waals surface area (Å²) in [6, 6.07) is 4.73. The third kappa shape index (κ3) is 7.53. The minimum atomic E-state index is -3.84. The van der Waals surface area contributed by atoms with Gasteiger partial charge >= 0.3 is 0 Å². The molecule has 2 aliphatic carbocycles. The lowest BCUT2D eigenvalue weighted by Gasteiger charge is -2.28. The molecule has 2 aromatic heterocycles. The van der Waals surface area contributed by atoms with Gasteiger partial charge in [0.15, 0.2) is 0 Å². The summed E-state index contributed by atoms with van der Waals surface area (Å²) in [5, 5.41) is 5.92. The van der Waals surface area contributed by atoms with Gasteiger partial charge in [0.25, 0.3) is 5.91 Å². The first-order valence-corrected chi connectivity index (χ1v) is 21.2. The first-order valence-electron chi connectivity index (χ1n) is 18.8. The molecule has 14 heteroatoms. The molecule has 284 valence electrons. The van der Waals surface area contributed by atoms with Crippen molar-refractivity contribution in [2.75, 3.05) is 13.7 Å². The van der Waals surface area contributed by atoms with Crippen LogP contribution in [0, 0.1) is 18.8 Å². The van der Waals surface area contributed by atoms with Gasteiger partial charge in [0.05, 0.1) is 30.1 Å². The van der Waals surface area contributed by atoms with Crippen molar-refractivity contribution in [3.8, 4) is 22.2 Å². The van der Waals surface area contributed by atoms with Gasteiger partial charge in [-0.2, -0.15) is 0 Å². The van der Waals surface area contributed by atoms with Gasteiger partial charge in [0, 0.05) is 40.7 Å². The molecule has 0 spiro atoms. The summed E-state index contributed by atoms with van der Waals surface area (Å²) in [7, 11) is -2.22. The van der Waals surface area contributed by atoms with Gasteiger partial charge in [0.1, 0.15) is 39.9 Å². The van der Waals surface area contributed by atoms with Crippen molar-refractivity contribution in [2.24, 2.45) is 11.8 Å². The van der Waals surface area contributed by atoms with Gasteiger partial charge < -0.3 is 19.7 Å². The predicted molar refractivity (Wildman–Crippen MR) is 203 cm³/mol. The van der Waals surface area contributed by atoms with Crippen LogP contribution in [0.1, 0.15) is 95.7 Å². The highest BCUT2D eigenvalue weighted by Crippen LogP contribution is 2.46. The van der Waals surface area contributed by atoms with Gasteiger partial charge in [-0.25, -0.2) is 18.4 Å². The molecule has 3 aromatic rings. The first kappa shape index (κ1) is 37.3. The highest BCUT2D eigenvalue weighted by Gasteiger charge is 2.62. The number of nitrogens with one attached hydrogen (secondary N) is 2. The molecule has 4 aliphatic rings. The molecule has 5 atom stereocenters. The summed E-state index contributed by atoms with van der Waals surface area (Å²) in [6.45, 7) is 8.20. The maximum atomic E-state index is 14.3. The fraction of sp³-hybridized carbons (Fsp3) is 0.564. The first-order chi connectivity index (χ1) is 25.3. The van der Waals surface area contributed by atoms with E-state index in [0.29, 0.717) is 42.0 Å². The summed E-state index contributed by atoms with van der Waals surface area (Å²) in [4.78, 5) is 53.5. The minimum Gasteiger partial charge on any atom is -0.496 e. The topological polar surface area (TPSA) is 157 Å². The van der Waals surface area contributed by atoms with Crippen molar-refractivity contribution in [1.29, 1.82) is 0 Å². The number of ether oxygens (including phenoxy) is 2. The number of nitrogens with zero attached hydrogens (tertiary/aromatic N) is 3. The molecule has 7 rings (SSSR count). The van der Waals surface area contributed by atoms with Crippen LogP contribution in [0.4, 0.5) is 0 Å². The zero-order chi connectivity index (χ0) is 37.7. The fourth-order valence-electron chi connectivity index (χ4n) is 7.55. The van der Waals surface area contributed by atoms with Crippen LogP contribution < -0.4 is 19.5 Å². The van der Waals surface area contributed by atoms with Crippen LogP contribution in [0.25, 0.3) is 21.6 Å². The number of rotatable bonds is 8. The van der Waals surface area contributed by atoms with E-state index in [4.69, 9.17) is 19.4 Å². The quantitative estimate of drug-likeness (QED) is 0.271. The van der Waals surface area contributed by atoms with Gasteiger partial charge in [-0.3, -0.25) is 19.1 Å². The summed E-state index contributed by atoms with van der Waals surface area (Å²) in [5.74, 6) is -0.536. The summed E-state index contributed by atoms with van der Waals surface area (Å²) in [6.07, 6.45) is 9.12. The predicted octanol–water partition coefficient (Wildman–Crippen LogP) is 5.79. The number of hydrogen-bond acceptors (Lipinski definition) is 10. The van der Waals surface area contributed by atoms with Crippen LogP contribution in [0.3, 0.4) is 0 Å². The molecule has 1 aromatic carbocycles. The zero-order valence-electron chi connectivity index (χ0n) is 31.0. The Morgan fingerprint density at radius 2 is 1.91 bits per heavy atom. The van der Waals surface area contributed by atoms with E-state index in [1.165, 1.54) is 11.3 Å². The number of benzene rings is 1. The number of sulfonamides is 1. The Bertz CT molecular complexity index is 2060. The highest BCUT2D eigenvalue weighted by molar-refractivity contribution is 7.91. The number of methoxy groups -OCH3 is 1. The molecule has 2 aliphatic heterocycles. The molecule has 3 amide bonds. The van der Waals surface area contributed by atoms with Crippen molar-refractivity contribution < 1.29 is 32.3 Å². The molecule has 3 fully saturated rings. The summed E-state index contributed by atoms with van der Waals surface area (Å²) < 4.78 is 40.3. The van der Waals surface area contributed by atoms with E-state index >= 15 is 0 Å². The Kier molecular flexibility index (Phi) is 10.3. The second kappa shape index (κ2) is 14.7. The molecule has 1 saturated heterocycles. The Balaban J connectivity index is 1.21. The van der Waals surface area contributed by atoms with Crippen molar-refractivity contribution in [2.45, 2.75) is 114 Å². The number of pyridine rings is 1. The highest BCUT2D eigenvalue weighted by atomic mass is 32.2. The van der Waals surface area contributed by atoms with Gasteiger partial charge in [-0.05, 0) is 63.5 Å². The van der Waals surface area contributed by atoms with Crippen LogP contribution in [0.5, 0.6) is 11.5 Å². The molecule has 2 saturated carbocycles. The fourth-order valence-corrected chi connectivity index (χ4v) is 9.86.